The summed E-state index contributed by atoms with van der Waals surface area (Å²) in [6.07, 6.45) is 5.18. The lowest BCUT2D eigenvalue weighted by molar-refractivity contribution is 0.0998. The molecule has 0 spiro atoms. The van der Waals surface area contributed by atoms with E-state index in [1.165, 1.54) is 18.9 Å². The van der Waals surface area contributed by atoms with Gasteiger partial charge in [0.05, 0.1) is 17.7 Å². The first kappa shape index (κ1) is 16.7. The number of carbonyl (C=O) groups excluding carboxylic acids is 1. The van der Waals surface area contributed by atoms with Gasteiger partial charge < -0.3 is 15.4 Å². The number of fused-ring (bicyclic) bond motifs is 1. The number of phenols is 1. The number of rotatable bonds is 4. The van der Waals surface area contributed by atoms with Gasteiger partial charge in [-0.15, -0.1) is 21.5 Å². The SMILES string of the molecule is NC(=O)c1cc(-c2csc(Cc3nnc4n3CCCCC4)n2)ccc1O. The zero-order valence-electron chi connectivity index (χ0n) is 14.2. The Morgan fingerprint density at radius 1 is 1.27 bits per heavy atom. The third-order valence-electron chi connectivity index (χ3n) is 4.60. The third kappa shape index (κ3) is 3.20. The smallest absolute Gasteiger partial charge is 0.252 e. The fourth-order valence-corrected chi connectivity index (χ4v) is 4.03. The molecular weight excluding hydrogens is 350 g/mol. The summed E-state index contributed by atoms with van der Waals surface area (Å²) in [7, 11) is 0. The van der Waals surface area contributed by atoms with E-state index in [2.05, 4.69) is 19.7 Å². The molecule has 26 heavy (non-hydrogen) atoms. The van der Waals surface area contributed by atoms with E-state index in [1.54, 1.807) is 23.5 Å². The first-order chi connectivity index (χ1) is 12.6. The molecule has 1 aromatic carbocycles. The number of amides is 1. The van der Waals surface area contributed by atoms with Crippen LogP contribution < -0.4 is 5.73 Å². The molecule has 1 amide bonds. The monoisotopic (exact) mass is 369 g/mol. The molecule has 134 valence electrons. The van der Waals surface area contributed by atoms with Gasteiger partial charge in [-0.25, -0.2) is 4.98 Å². The molecule has 1 aliphatic rings. The van der Waals surface area contributed by atoms with Gasteiger partial charge in [-0.05, 0) is 31.0 Å². The molecule has 0 bridgehead atoms. The number of primary amides is 1. The normalized spacial score (nSPS) is 14.0. The second-order valence-corrected chi connectivity index (χ2v) is 7.34. The lowest BCUT2D eigenvalue weighted by Gasteiger charge is -2.05. The van der Waals surface area contributed by atoms with Gasteiger partial charge in [0.15, 0.2) is 0 Å². The molecule has 3 heterocycles. The van der Waals surface area contributed by atoms with Crippen LogP contribution in [0, 0.1) is 0 Å². The molecule has 0 atom stereocenters. The van der Waals surface area contributed by atoms with E-state index in [0.29, 0.717) is 6.42 Å². The van der Waals surface area contributed by atoms with Gasteiger partial charge in [-0.1, -0.05) is 6.42 Å². The molecule has 0 saturated carbocycles. The zero-order chi connectivity index (χ0) is 18.1. The maximum Gasteiger partial charge on any atom is 0.252 e. The van der Waals surface area contributed by atoms with Crippen LogP contribution in [-0.4, -0.2) is 30.8 Å². The molecule has 0 unspecified atom stereocenters. The first-order valence-corrected chi connectivity index (χ1v) is 9.48. The highest BCUT2D eigenvalue weighted by molar-refractivity contribution is 7.10. The van der Waals surface area contributed by atoms with Crippen LogP contribution in [-0.2, 0) is 19.4 Å². The van der Waals surface area contributed by atoms with Gasteiger partial charge in [0.1, 0.15) is 22.4 Å². The number of aromatic nitrogens is 4. The van der Waals surface area contributed by atoms with E-state index in [-0.39, 0.29) is 11.3 Å². The van der Waals surface area contributed by atoms with Crippen LogP contribution in [0.5, 0.6) is 5.75 Å². The number of carbonyl (C=O) groups is 1. The highest BCUT2D eigenvalue weighted by Gasteiger charge is 2.17. The van der Waals surface area contributed by atoms with Crippen LogP contribution in [0.4, 0.5) is 0 Å². The second kappa shape index (κ2) is 6.87. The highest BCUT2D eigenvalue weighted by atomic mass is 32.1. The molecule has 0 radical (unpaired) electrons. The lowest BCUT2D eigenvalue weighted by atomic mass is 10.1. The van der Waals surface area contributed by atoms with Crippen LogP contribution in [0.3, 0.4) is 0 Å². The summed E-state index contributed by atoms with van der Waals surface area (Å²) in [5.74, 6) is 1.24. The van der Waals surface area contributed by atoms with Crippen molar-refractivity contribution >= 4 is 17.2 Å². The third-order valence-corrected chi connectivity index (χ3v) is 5.45. The number of aromatic hydroxyl groups is 1. The van der Waals surface area contributed by atoms with Gasteiger partial charge in [-0.2, -0.15) is 0 Å². The van der Waals surface area contributed by atoms with Gasteiger partial charge in [0.25, 0.3) is 5.91 Å². The molecule has 0 saturated heterocycles. The molecular formula is C18H19N5O2S. The molecule has 4 rings (SSSR count). The average molecular weight is 369 g/mol. The molecule has 3 aromatic rings. The predicted molar refractivity (Wildman–Crippen MR) is 98.1 cm³/mol. The van der Waals surface area contributed by atoms with Gasteiger partial charge in [0.2, 0.25) is 0 Å². The summed E-state index contributed by atoms with van der Waals surface area (Å²) >= 11 is 1.55. The van der Waals surface area contributed by atoms with Crippen molar-refractivity contribution in [2.45, 2.75) is 38.6 Å². The zero-order valence-corrected chi connectivity index (χ0v) is 15.0. The molecule has 2 aromatic heterocycles. The number of benzene rings is 1. The molecule has 0 aliphatic carbocycles. The van der Waals surface area contributed by atoms with Crippen molar-refractivity contribution in [2.75, 3.05) is 0 Å². The number of nitrogens with two attached hydrogens (primary N) is 1. The van der Waals surface area contributed by atoms with Crippen LogP contribution in [0.25, 0.3) is 11.3 Å². The van der Waals surface area contributed by atoms with Crippen molar-refractivity contribution in [3.63, 3.8) is 0 Å². The summed E-state index contributed by atoms with van der Waals surface area (Å²) < 4.78 is 2.22. The maximum absolute atomic E-state index is 11.4. The lowest BCUT2D eigenvalue weighted by Crippen LogP contribution is -2.11. The van der Waals surface area contributed by atoms with Crippen LogP contribution in [0.1, 0.15) is 46.3 Å². The van der Waals surface area contributed by atoms with Crippen molar-refractivity contribution in [1.29, 1.82) is 0 Å². The summed E-state index contributed by atoms with van der Waals surface area (Å²) in [4.78, 5) is 16.1. The van der Waals surface area contributed by atoms with Crippen LogP contribution in [0.15, 0.2) is 23.6 Å². The number of hydrogen-bond acceptors (Lipinski definition) is 6. The first-order valence-electron chi connectivity index (χ1n) is 8.60. The maximum atomic E-state index is 11.4. The van der Waals surface area contributed by atoms with E-state index >= 15 is 0 Å². The quantitative estimate of drug-likeness (QED) is 0.735. The van der Waals surface area contributed by atoms with E-state index in [1.807, 2.05) is 5.38 Å². The summed E-state index contributed by atoms with van der Waals surface area (Å²) in [6, 6.07) is 4.76. The molecule has 0 fully saturated rings. The minimum Gasteiger partial charge on any atom is -0.507 e. The fraction of sp³-hybridized carbons (Fsp3) is 0.333. The van der Waals surface area contributed by atoms with Crippen molar-refractivity contribution in [1.82, 2.24) is 19.7 Å². The van der Waals surface area contributed by atoms with Gasteiger partial charge >= 0.3 is 0 Å². The minimum atomic E-state index is -0.661. The number of thiazole rings is 1. The Hall–Kier alpha value is -2.74. The Bertz CT molecular complexity index is 962. The second-order valence-electron chi connectivity index (χ2n) is 6.39. The predicted octanol–water partition coefficient (Wildman–Crippen LogP) is 2.52. The van der Waals surface area contributed by atoms with E-state index in [0.717, 1.165) is 47.3 Å². The fourth-order valence-electron chi connectivity index (χ4n) is 3.23. The van der Waals surface area contributed by atoms with Crippen molar-refractivity contribution in [3.05, 3.63) is 45.8 Å². The Balaban J connectivity index is 1.59. The topological polar surface area (TPSA) is 107 Å². The van der Waals surface area contributed by atoms with E-state index in [4.69, 9.17) is 5.73 Å². The minimum absolute atomic E-state index is 0.0971. The van der Waals surface area contributed by atoms with Crippen molar-refractivity contribution < 1.29 is 9.90 Å². The molecule has 3 N–H and O–H groups in total. The van der Waals surface area contributed by atoms with Gasteiger partial charge in [0, 0.05) is 23.9 Å². The van der Waals surface area contributed by atoms with Crippen LogP contribution in [0.2, 0.25) is 0 Å². The highest BCUT2D eigenvalue weighted by Crippen LogP contribution is 2.28. The summed E-state index contributed by atoms with van der Waals surface area (Å²) in [5, 5.41) is 21.3. The molecule has 7 nitrogen and oxygen atoms in total. The molecule has 1 aliphatic heterocycles. The van der Waals surface area contributed by atoms with Crippen LogP contribution >= 0.6 is 11.3 Å². The van der Waals surface area contributed by atoms with Crippen molar-refractivity contribution in [2.24, 2.45) is 5.73 Å². The Morgan fingerprint density at radius 3 is 3.00 bits per heavy atom. The van der Waals surface area contributed by atoms with E-state index < -0.39 is 5.91 Å². The largest absolute Gasteiger partial charge is 0.507 e. The number of nitrogens with zero attached hydrogens (tertiary/aromatic N) is 4. The Labute approximate surface area is 154 Å². The standard InChI is InChI=1S/C18H19N5O2S/c19-18(25)12-8-11(5-6-14(12)24)13-10-26-17(20-13)9-16-22-21-15-4-2-1-3-7-23(15)16/h5-6,8,10,24H,1-4,7,9H2,(H2,19,25). The average Bonchev–Trinajstić information content (AvgIpc) is 3.16. The molecule has 8 heteroatoms. The Kier molecular flexibility index (Phi) is 4.42. The van der Waals surface area contributed by atoms with Crippen molar-refractivity contribution in [3.8, 4) is 17.0 Å². The summed E-state index contributed by atoms with van der Waals surface area (Å²) in [5.41, 5.74) is 6.90. The Morgan fingerprint density at radius 2 is 2.15 bits per heavy atom. The van der Waals surface area contributed by atoms with Gasteiger partial charge in [-0.3, -0.25) is 4.79 Å². The number of hydrogen-bond donors (Lipinski definition) is 2. The number of aryl methyl sites for hydroxylation is 1. The van der Waals surface area contributed by atoms with E-state index in [9.17, 15) is 9.90 Å². The summed E-state index contributed by atoms with van der Waals surface area (Å²) in [6.45, 7) is 0.968.